The van der Waals surface area contributed by atoms with Crippen molar-refractivity contribution in [3.05, 3.63) is 64.1 Å². The maximum absolute atomic E-state index is 13.5. The lowest BCUT2D eigenvalue weighted by Gasteiger charge is -2.08. The molecule has 0 spiro atoms. The smallest absolute Gasteiger partial charge is 0.238 e. The van der Waals surface area contributed by atoms with Crippen LogP contribution in [0.2, 0.25) is 0 Å². The molecule has 2 rings (SSSR count). The van der Waals surface area contributed by atoms with E-state index in [-0.39, 0.29) is 24.6 Å². The number of carbonyl (C=O) groups is 1. The standard InChI is InChI=1S/C15H13BrF2N2O/c16-11-5-6-12(17)10(7-11)8-19-9-15(21)20-14-4-2-1-3-13(14)18/h1-7,19H,8-9H2,(H,20,21). The molecule has 0 saturated heterocycles. The van der Waals surface area contributed by atoms with E-state index in [4.69, 9.17) is 0 Å². The zero-order valence-electron chi connectivity index (χ0n) is 11.0. The fourth-order valence-electron chi connectivity index (χ4n) is 1.75. The van der Waals surface area contributed by atoms with Crippen molar-refractivity contribution in [1.82, 2.24) is 5.32 Å². The molecule has 0 unspecified atom stereocenters. The molecule has 0 aliphatic rings. The summed E-state index contributed by atoms with van der Waals surface area (Å²) in [7, 11) is 0. The van der Waals surface area contributed by atoms with Crippen LogP contribution in [-0.2, 0) is 11.3 Å². The van der Waals surface area contributed by atoms with E-state index in [1.807, 2.05) is 0 Å². The molecule has 0 bridgehead atoms. The van der Waals surface area contributed by atoms with Gasteiger partial charge >= 0.3 is 0 Å². The van der Waals surface area contributed by atoms with E-state index in [1.165, 1.54) is 18.2 Å². The van der Waals surface area contributed by atoms with Crippen molar-refractivity contribution < 1.29 is 13.6 Å². The Kier molecular flexibility index (Phi) is 5.41. The Morgan fingerprint density at radius 2 is 1.86 bits per heavy atom. The minimum absolute atomic E-state index is 0.0414. The quantitative estimate of drug-likeness (QED) is 0.863. The monoisotopic (exact) mass is 354 g/mol. The lowest BCUT2D eigenvalue weighted by Crippen LogP contribution is -2.28. The van der Waals surface area contributed by atoms with E-state index in [1.54, 1.807) is 24.3 Å². The minimum Gasteiger partial charge on any atom is -0.322 e. The Balaban J connectivity index is 1.85. The van der Waals surface area contributed by atoms with Gasteiger partial charge in [0, 0.05) is 16.6 Å². The van der Waals surface area contributed by atoms with E-state index in [0.717, 1.165) is 4.47 Å². The predicted molar refractivity (Wildman–Crippen MR) is 80.8 cm³/mol. The summed E-state index contributed by atoms with van der Waals surface area (Å²) in [4.78, 5) is 11.7. The Bertz CT molecular complexity index is 649. The van der Waals surface area contributed by atoms with Gasteiger partial charge in [-0.05, 0) is 30.3 Å². The van der Waals surface area contributed by atoms with Crippen molar-refractivity contribution in [3.63, 3.8) is 0 Å². The summed E-state index contributed by atoms with van der Waals surface area (Å²) in [6.45, 7) is 0.163. The van der Waals surface area contributed by atoms with Crippen LogP contribution in [0.1, 0.15) is 5.56 Å². The number of benzene rings is 2. The van der Waals surface area contributed by atoms with Gasteiger partial charge in [-0.25, -0.2) is 8.78 Å². The highest BCUT2D eigenvalue weighted by atomic mass is 79.9. The number of hydrogen-bond acceptors (Lipinski definition) is 2. The van der Waals surface area contributed by atoms with E-state index in [0.29, 0.717) is 5.56 Å². The molecule has 6 heteroatoms. The molecule has 0 atom stereocenters. The summed E-state index contributed by atoms with van der Waals surface area (Å²) >= 11 is 3.25. The first-order chi connectivity index (χ1) is 10.1. The predicted octanol–water partition coefficient (Wildman–Crippen LogP) is 3.46. The molecule has 0 aliphatic carbocycles. The van der Waals surface area contributed by atoms with Crippen LogP contribution in [0.25, 0.3) is 0 Å². The fourth-order valence-corrected chi connectivity index (χ4v) is 2.15. The molecule has 0 aliphatic heterocycles. The number of hydrogen-bond donors (Lipinski definition) is 2. The average molecular weight is 355 g/mol. The number of nitrogens with one attached hydrogen (secondary N) is 2. The Labute approximate surface area is 129 Å². The van der Waals surface area contributed by atoms with Gasteiger partial charge in [0.05, 0.1) is 12.2 Å². The van der Waals surface area contributed by atoms with Crippen molar-refractivity contribution in [1.29, 1.82) is 0 Å². The number of para-hydroxylation sites is 1. The number of carbonyl (C=O) groups excluding carboxylic acids is 1. The molecule has 0 radical (unpaired) electrons. The van der Waals surface area contributed by atoms with Gasteiger partial charge in [0.25, 0.3) is 0 Å². The third-order valence-corrected chi connectivity index (χ3v) is 3.25. The first-order valence-electron chi connectivity index (χ1n) is 6.25. The molecule has 1 amide bonds. The van der Waals surface area contributed by atoms with Crippen LogP contribution in [0.3, 0.4) is 0 Å². The molecule has 0 heterocycles. The first-order valence-corrected chi connectivity index (χ1v) is 7.04. The topological polar surface area (TPSA) is 41.1 Å². The molecule has 0 saturated carbocycles. The van der Waals surface area contributed by atoms with Crippen molar-refractivity contribution >= 4 is 27.5 Å². The molecule has 2 aromatic rings. The lowest BCUT2D eigenvalue weighted by molar-refractivity contribution is -0.115. The summed E-state index contributed by atoms with van der Waals surface area (Å²) in [6, 6.07) is 10.5. The van der Waals surface area contributed by atoms with E-state index in [2.05, 4.69) is 26.6 Å². The molecule has 21 heavy (non-hydrogen) atoms. The summed E-state index contributed by atoms with van der Waals surface area (Å²) < 4.78 is 27.6. The van der Waals surface area contributed by atoms with Crippen LogP contribution < -0.4 is 10.6 Å². The molecule has 110 valence electrons. The highest BCUT2D eigenvalue weighted by Crippen LogP contribution is 2.15. The van der Waals surface area contributed by atoms with Crippen LogP contribution in [0.15, 0.2) is 46.9 Å². The van der Waals surface area contributed by atoms with Gasteiger partial charge < -0.3 is 10.6 Å². The third-order valence-electron chi connectivity index (χ3n) is 2.76. The van der Waals surface area contributed by atoms with Crippen molar-refractivity contribution in [2.45, 2.75) is 6.54 Å². The van der Waals surface area contributed by atoms with Crippen molar-refractivity contribution in [2.75, 3.05) is 11.9 Å². The van der Waals surface area contributed by atoms with Crippen molar-refractivity contribution in [3.8, 4) is 0 Å². The van der Waals surface area contributed by atoms with Crippen LogP contribution >= 0.6 is 15.9 Å². The van der Waals surface area contributed by atoms with Crippen LogP contribution in [0.5, 0.6) is 0 Å². The Morgan fingerprint density at radius 3 is 2.62 bits per heavy atom. The van der Waals surface area contributed by atoms with E-state index >= 15 is 0 Å². The van der Waals surface area contributed by atoms with E-state index in [9.17, 15) is 13.6 Å². The second-order valence-electron chi connectivity index (χ2n) is 4.37. The van der Waals surface area contributed by atoms with Gasteiger partial charge in [-0.1, -0.05) is 28.1 Å². The maximum Gasteiger partial charge on any atom is 0.238 e. The number of anilines is 1. The van der Waals surface area contributed by atoms with Gasteiger partial charge in [0.1, 0.15) is 11.6 Å². The molecule has 2 aromatic carbocycles. The number of halogens is 3. The van der Waals surface area contributed by atoms with Crippen molar-refractivity contribution in [2.24, 2.45) is 0 Å². The minimum atomic E-state index is -0.496. The normalized spacial score (nSPS) is 10.4. The first kappa shape index (κ1) is 15.6. The number of rotatable bonds is 5. The molecule has 2 N–H and O–H groups in total. The molecule has 0 aromatic heterocycles. The third kappa shape index (κ3) is 4.61. The molecular formula is C15H13BrF2N2O. The average Bonchev–Trinajstić information content (AvgIpc) is 2.45. The molecule has 0 fully saturated rings. The fraction of sp³-hybridized carbons (Fsp3) is 0.133. The summed E-state index contributed by atoms with van der Waals surface area (Å²) in [5.74, 6) is -1.24. The Hall–Kier alpha value is -1.79. The van der Waals surface area contributed by atoms with E-state index < -0.39 is 11.7 Å². The van der Waals surface area contributed by atoms with Gasteiger partial charge in [0.15, 0.2) is 0 Å². The molecule has 3 nitrogen and oxygen atoms in total. The largest absolute Gasteiger partial charge is 0.322 e. The second-order valence-corrected chi connectivity index (χ2v) is 5.28. The van der Waals surface area contributed by atoms with Gasteiger partial charge in [-0.15, -0.1) is 0 Å². The number of amides is 1. The SMILES string of the molecule is O=C(CNCc1cc(Br)ccc1F)Nc1ccccc1F. The summed E-state index contributed by atoms with van der Waals surface area (Å²) in [5.41, 5.74) is 0.570. The van der Waals surface area contributed by atoms with Gasteiger partial charge in [-0.3, -0.25) is 4.79 Å². The highest BCUT2D eigenvalue weighted by molar-refractivity contribution is 9.10. The maximum atomic E-state index is 13.5. The second kappa shape index (κ2) is 7.28. The zero-order valence-corrected chi connectivity index (χ0v) is 12.6. The lowest BCUT2D eigenvalue weighted by atomic mass is 10.2. The van der Waals surface area contributed by atoms with Gasteiger partial charge in [-0.2, -0.15) is 0 Å². The highest BCUT2D eigenvalue weighted by Gasteiger charge is 2.07. The van der Waals surface area contributed by atoms with Crippen LogP contribution in [0, 0.1) is 11.6 Å². The molecular weight excluding hydrogens is 342 g/mol. The summed E-state index contributed by atoms with van der Waals surface area (Å²) in [6.07, 6.45) is 0. The van der Waals surface area contributed by atoms with Gasteiger partial charge in [0.2, 0.25) is 5.91 Å². The Morgan fingerprint density at radius 1 is 1.10 bits per heavy atom. The zero-order chi connectivity index (χ0) is 15.2. The van der Waals surface area contributed by atoms with Crippen LogP contribution in [-0.4, -0.2) is 12.5 Å². The summed E-state index contributed by atoms with van der Waals surface area (Å²) in [5, 5.41) is 5.26. The van der Waals surface area contributed by atoms with Crippen LogP contribution in [0.4, 0.5) is 14.5 Å².